The first-order valence-electron chi connectivity index (χ1n) is 7.28. The Bertz CT molecular complexity index is 761. The number of anilines is 4. The van der Waals surface area contributed by atoms with Gasteiger partial charge in [-0.15, -0.1) is 0 Å². The molecular weight excluding hydrogens is 309 g/mol. The topological polar surface area (TPSA) is 115 Å². The van der Waals surface area contributed by atoms with Gasteiger partial charge in [-0.2, -0.15) is 10.5 Å². The molecule has 0 aliphatic carbocycles. The maximum atomic E-state index is 13.8. The Labute approximate surface area is 139 Å². The number of nitriles is 2. The van der Waals surface area contributed by atoms with E-state index < -0.39 is 5.82 Å². The SMILES string of the molecule is N#CCCN(CCC#N)c1ncnc(Nc2ccccc2F)c1N. The molecule has 1 aromatic heterocycles. The standard InChI is InChI=1S/C16H16FN7/c17-12-5-1-2-6-13(12)23-15-14(20)16(22-11-21-15)24(9-3-7-18)10-4-8-19/h1-2,5-6,11H,3-4,9-10,20H2,(H,21,22,23). The van der Waals surface area contributed by atoms with E-state index in [1.165, 1.54) is 12.4 Å². The molecule has 0 spiro atoms. The normalized spacial score (nSPS) is 9.79. The van der Waals surface area contributed by atoms with Crippen molar-refractivity contribution in [1.82, 2.24) is 9.97 Å². The van der Waals surface area contributed by atoms with E-state index in [9.17, 15) is 4.39 Å². The van der Waals surface area contributed by atoms with Crippen LogP contribution in [0.5, 0.6) is 0 Å². The third-order valence-corrected chi connectivity index (χ3v) is 3.28. The van der Waals surface area contributed by atoms with Gasteiger partial charge >= 0.3 is 0 Å². The lowest BCUT2D eigenvalue weighted by Crippen LogP contribution is -2.27. The molecule has 0 aliphatic heterocycles. The molecule has 0 fully saturated rings. The number of hydrogen-bond donors (Lipinski definition) is 2. The van der Waals surface area contributed by atoms with Crippen LogP contribution in [0.25, 0.3) is 0 Å². The number of nitrogens with two attached hydrogens (primary N) is 1. The molecule has 0 bridgehead atoms. The van der Waals surface area contributed by atoms with Crippen LogP contribution in [-0.4, -0.2) is 23.1 Å². The quantitative estimate of drug-likeness (QED) is 0.804. The highest BCUT2D eigenvalue weighted by atomic mass is 19.1. The summed E-state index contributed by atoms with van der Waals surface area (Å²) in [5.41, 5.74) is 6.59. The van der Waals surface area contributed by atoms with Crippen molar-refractivity contribution in [1.29, 1.82) is 10.5 Å². The summed E-state index contributed by atoms with van der Waals surface area (Å²) in [6.07, 6.45) is 1.84. The molecule has 0 amide bonds. The molecule has 1 aromatic carbocycles. The molecule has 0 atom stereocenters. The summed E-state index contributed by atoms with van der Waals surface area (Å²) in [6.45, 7) is 0.775. The Morgan fingerprint density at radius 1 is 1.12 bits per heavy atom. The van der Waals surface area contributed by atoms with Gasteiger partial charge in [0.2, 0.25) is 0 Å². The van der Waals surface area contributed by atoms with Crippen LogP contribution in [0, 0.1) is 28.5 Å². The first kappa shape index (κ1) is 17.0. The Morgan fingerprint density at radius 3 is 2.42 bits per heavy atom. The van der Waals surface area contributed by atoms with Gasteiger partial charge in [0.15, 0.2) is 11.6 Å². The van der Waals surface area contributed by atoms with E-state index in [4.69, 9.17) is 16.3 Å². The van der Waals surface area contributed by atoms with Gasteiger partial charge in [-0.25, -0.2) is 14.4 Å². The monoisotopic (exact) mass is 325 g/mol. The fourth-order valence-electron chi connectivity index (χ4n) is 2.12. The molecule has 0 aliphatic rings. The molecule has 2 aromatic rings. The first-order chi connectivity index (χ1) is 11.7. The molecule has 122 valence electrons. The van der Waals surface area contributed by atoms with Gasteiger partial charge in [0, 0.05) is 13.1 Å². The Hall–Kier alpha value is -3.39. The lowest BCUT2D eigenvalue weighted by atomic mass is 10.3. The number of halogens is 1. The first-order valence-corrected chi connectivity index (χ1v) is 7.28. The van der Waals surface area contributed by atoms with E-state index in [1.54, 1.807) is 23.1 Å². The molecule has 0 unspecified atom stereocenters. The number of hydrogen-bond acceptors (Lipinski definition) is 7. The minimum Gasteiger partial charge on any atom is -0.393 e. The van der Waals surface area contributed by atoms with Gasteiger partial charge in [-0.1, -0.05) is 12.1 Å². The number of aromatic nitrogens is 2. The van der Waals surface area contributed by atoms with Gasteiger partial charge in [0.25, 0.3) is 0 Å². The molecular formula is C16H16FN7. The van der Waals surface area contributed by atoms with Crippen LogP contribution in [0.15, 0.2) is 30.6 Å². The van der Waals surface area contributed by atoms with Crippen molar-refractivity contribution in [3.05, 3.63) is 36.4 Å². The predicted octanol–water partition coefficient (Wildman–Crippen LogP) is 2.58. The highest BCUT2D eigenvalue weighted by Gasteiger charge is 2.15. The minimum atomic E-state index is -0.428. The molecule has 7 nitrogen and oxygen atoms in total. The summed E-state index contributed by atoms with van der Waals surface area (Å²) in [5.74, 6) is 0.251. The maximum Gasteiger partial charge on any atom is 0.159 e. The van der Waals surface area contributed by atoms with Crippen LogP contribution in [0.1, 0.15) is 12.8 Å². The molecule has 24 heavy (non-hydrogen) atoms. The van der Waals surface area contributed by atoms with Gasteiger partial charge in [0.1, 0.15) is 17.8 Å². The largest absolute Gasteiger partial charge is 0.393 e. The van der Waals surface area contributed by atoms with Crippen LogP contribution in [0.3, 0.4) is 0 Å². The van der Waals surface area contributed by atoms with Crippen molar-refractivity contribution >= 4 is 23.0 Å². The van der Waals surface area contributed by atoms with Crippen LogP contribution in [0.2, 0.25) is 0 Å². The van der Waals surface area contributed by atoms with E-state index in [0.29, 0.717) is 18.9 Å². The summed E-state index contributed by atoms with van der Waals surface area (Å²) in [6, 6.07) is 10.3. The predicted molar refractivity (Wildman–Crippen MR) is 88.8 cm³/mol. The van der Waals surface area contributed by atoms with E-state index >= 15 is 0 Å². The highest BCUT2D eigenvalue weighted by Crippen LogP contribution is 2.29. The summed E-state index contributed by atoms with van der Waals surface area (Å²) in [5, 5.41) is 20.4. The van der Waals surface area contributed by atoms with Crippen LogP contribution in [0.4, 0.5) is 27.4 Å². The lowest BCUT2D eigenvalue weighted by molar-refractivity contribution is 0.632. The second-order valence-corrected chi connectivity index (χ2v) is 4.87. The van der Waals surface area contributed by atoms with Crippen molar-refractivity contribution in [2.45, 2.75) is 12.8 Å². The Balaban J connectivity index is 2.30. The number of nitrogens with zero attached hydrogens (tertiary/aromatic N) is 5. The molecule has 8 heteroatoms. The maximum absolute atomic E-state index is 13.8. The molecule has 1 heterocycles. The molecule has 0 radical (unpaired) electrons. The van der Waals surface area contributed by atoms with Crippen molar-refractivity contribution in [3.63, 3.8) is 0 Å². The fourth-order valence-corrected chi connectivity index (χ4v) is 2.12. The second-order valence-electron chi connectivity index (χ2n) is 4.87. The lowest BCUT2D eigenvalue weighted by Gasteiger charge is -2.23. The molecule has 0 saturated carbocycles. The number of benzene rings is 1. The zero-order valence-corrected chi connectivity index (χ0v) is 12.9. The zero-order valence-electron chi connectivity index (χ0n) is 12.9. The van der Waals surface area contributed by atoms with Crippen molar-refractivity contribution in [3.8, 4) is 12.1 Å². The second kappa shape index (κ2) is 8.30. The molecule has 2 rings (SSSR count). The number of nitrogens with one attached hydrogen (secondary N) is 1. The smallest absolute Gasteiger partial charge is 0.159 e. The average molecular weight is 325 g/mol. The fraction of sp³-hybridized carbons (Fsp3) is 0.250. The van der Waals surface area contributed by atoms with Crippen molar-refractivity contribution in [2.75, 3.05) is 29.0 Å². The van der Waals surface area contributed by atoms with Gasteiger partial charge < -0.3 is 16.0 Å². The van der Waals surface area contributed by atoms with E-state index in [0.717, 1.165) is 0 Å². The Kier molecular flexibility index (Phi) is 5.87. The average Bonchev–Trinajstić information content (AvgIpc) is 2.59. The van der Waals surface area contributed by atoms with Crippen LogP contribution in [-0.2, 0) is 0 Å². The number of para-hydroxylation sites is 1. The zero-order chi connectivity index (χ0) is 17.4. The van der Waals surface area contributed by atoms with Crippen molar-refractivity contribution in [2.24, 2.45) is 0 Å². The summed E-state index contributed by atoms with van der Waals surface area (Å²) < 4.78 is 13.8. The number of rotatable bonds is 7. The van der Waals surface area contributed by atoms with Gasteiger partial charge in [-0.3, -0.25) is 0 Å². The summed E-state index contributed by atoms with van der Waals surface area (Å²) >= 11 is 0. The van der Waals surface area contributed by atoms with E-state index in [1.807, 2.05) is 0 Å². The summed E-state index contributed by atoms with van der Waals surface area (Å²) in [4.78, 5) is 9.94. The highest BCUT2D eigenvalue weighted by molar-refractivity contribution is 5.78. The molecule has 0 saturated heterocycles. The van der Waals surface area contributed by atoms with Crippen LogP contribution < -0.4 is 16.0 Å². The summed E-state index contributed by atoms with van der Waals surface area (Å²) in [7, 11) is 0. The minimum absolute atomic E-state index is 0.233. The van der Waals surface area contributed by atoms with Crippen molar-refractivity contribution < 1.29 is 4.39 Å². The van der Waals surface area contributed by atoms with Gasteiger partial charge in [0.05, 0.1) is 30.7 Å². The third kappa shape index (κ3) is 4.08. The number of nitrogen functional groups attached to an aromatic ring is 1. The third-order valence-electron chi connectivity index (χ3n) is 3.28. The van der Waals surface area contributed by atoms with Gasteiger partial charge in [-0.05, 0) is 12.1 Å². The van der Waals surface area contributed by atoms with E-state index in [-0.39, 0.29) is 30.0 Å². The Morgan fingerprint density at radius 2 is 1.79 bits per heavy atom. The van der Waals surface area contributed by atoms with Crippen LogP contribution >= 0.6 is 0 Å². The molecule has 3 N–H and O–H groups in total. The van der Waals surface area contributed by atoms with E-state index in [2.05, 4.69) is 27.4 Å².